The molecule has 0 bridgehead atoms. The number of imidazole rings is 1. The van der Waals surface area contributed by atoms with Crippen molar-refractivity contribution in [2.24, 2.45) is 5.92 Å². The summed E-state index contributed by atoms with van der Waals surface area (Å²) in [6.45, 7) is 0. The lowest BCUT2D eigenvalue weighted by molar-refractivity contribution is -0.143. The van der Waals surface area contributed by atoms with Gasteiger partial charge in [0.25, 0.3) is 0 Å². The third-order valence-corrected chi connectivity index (χ3v) is 5.76. The molecular weight excluding hydrogens is 326 g/mol. The number of benzene rings is 1. The lowest BCUT2D eigenvalue weighted by Gasteiger charge is -2.33. The Morgan fingerprint density at radius 1 is 1.36 bits per heavy atom. The van der Waals surface area contributed by atoms with E-state index in [0.717, 1.165) is 11.3 Å². The van der Waals surface area contributed by atoms with E-state index in [1.54, 1.807) is 18.6 Å². The highest BCUT2D eigenvalue weighted by Gasteiger charge is 2.39. The van der Waals surface area contributed by atoms with Gasteiger partial charge in [-0.2, -0.15) is 0 Å². The van der Waals surface area contributed by atoms with Gasteiger partial charge in [0.15, 0.2) is 0 Å². The van der Waals surface area contributed by atoms with Crippen LogP contribution in [0.3, 0.4) is 0 Å². The van der Waals surface area contributed by atoms with Gasteiger partial charge < -0.3 is 9.67 Å². The molecule has 1 fully saturated rings. The minimum atomic E-state index is -1.36. The Morgan fingerprint density at radius 2 is 2.12 bits per heavy atom. The summed E-state index contributed by atoms with van der Waals surface area (Å²) in [7, 11) is 0. The summed E-state index contributed by atoms with van der Waals surface area (Å²) in [5, 5.41) is 9.06. The maximum atomic E-state index is 15.1. The quantitative estimate of drug-likeness (QED) is 0.895. The van der Waals surface area contributed by atoms with Crippen LogP contribution in [0.15, 0.2) is 30.7 Å². The predicted octanol–water partition coefficient (Wildman–Crippen LogP) is 4.36. The second kappa shape index (κ2) is 5.93. The molecule has 0 amide bonds. The van der Waals surface area contributed by atoms with Crippen molar-refractivity contribution in [3.05, 3.63) is 42.1 Å². The minimum Gasteiger partial charge on any atom is -0.481 e. The van der Waals surface area contributed by atoms with E-state index < -0.39 is 17.6 Å². The molecule has 0 saturated heterocycles. The van der Waals surface area contributed by atoms with Crippen molar-refractivity contribution >= 4 is 5.97 Å². The molecule has 0 spiro atoms. The fourth-order valence-electron chi connectivity index (χ4n) is 4.31. The van der Waals surface area contributed by atoms with Crippen LogP contribution in [0, 0.1) is 11.7 Å². The molecule has 2 heterocycles. The summed E-state index contributed by atoms with van der Waals surface area (Å²) < 4.78 is 31.4. The van der Waals surface area contributed by atoms with Crippen LogP contribution in [0.5, 0.6) is 0 Å². The van der Waals surface area contributed by atoms with Crippen molar-refractivity contribution in [2.45, 2.75) is 50.2 Å². The number of carboxylic acid groups (broad SMARTS) is 1. The molecule has 1 aliphatic carbocycles. The lowest BCUT2D eigenvalue weighted by atomic mass is 9.77. The van der Waals surface area contributed by atoms with E-state index in [4.69, 9.17) is 5.11 Å². The van der Waals surface area contributed by atoms with Crippen molar-refractivity contribution < 1.29 is 18.7 Å². The minimum absolute atomic E-state index is 0.251. The van der Waals surface area contributed by atoms with Crippen molar-refractivity contribution in [3.8, 4) is 11.3 Å². The second-order valence-corrected chi connectivity index (χ2v) is 7.21. The first-order valence-corrected chi connectivity index (χ1v) is 8.71. The average molecular weight is 346 g/mol. The molecule has 132 valence electrons. The van der Waals surface area contributed by atoms with Crippen LogP contribution in [0.2, 0.25) is 0 Å². The summed E-state index contributed by atoms with van der Waals surface area (Å²) >= 11 is 0. The van der Waals surface area contributed by atoms with Crippen molar-refractivity contribution in [3.63, 3.8) is 0 Å². The van der Waals surface area contributed by atoms with Crippen LogP contribution >= 0.6 is 0 Å². The molecule has 2 aliphatic rings. The van der Waals surface area contributed by atoms with Crippen molar-refractivity contribution in [1.29, 1.82) is 0 Å². The van der Waals surface area contributed by atoms with Gasteiger partial charge in [-0.3, -0.25) is 4.79 Å². The number of aromatic nitrogens is 2. The summed E-state index contributed by atoms with van der Waals surface area (Å²) in [5.41, 5.74) is 0.940. The van der Waals surface area contributed by atoms with Gasteiger partial charge in [-0.15, -0.1) is 0 Å². The van der Waals surface area contributed by atoms with Gasteiger partial charge in [0.2, 0.25) is 0 Å². The van der Waals surface area contributed by atoms with Gasteiger partial charge in [0, 0.05) is 11.1 Å². The zero-order chi connectivity index (χ0) is 17.6. The van der Waals surface area contributed by atoms with Gasteiger partial charge in [-0.05, 0) is 44.6 Å². The normalized spacial score (nSPS) is 27.8. The molecule has 0 radical (unpaired) electrons. The van der Waals surface area contributed by atoms with E-state index in [9.17, 15) is 9.18 Å². The van der Waals surface area contributed by atoms with Gasteiger partial charge in [-0.25, -0.2) is 13.8 Å². The highest BCUT2D eigenvalue weighted by molar-refractivity contribution is 5.70. The van der Waals surface area contributed by atoms with E-state index in [0.29, 0.717) is 31.2 Å². The van der Waals surface area contributed by atoms with E-state index >= 15 is 4.39 Å². The van der Waals surface area contributed by atoms with Gasteiger partial charge >= 0.3 is 5.97 Å². The number of hydrogen-bond acceptors (Lipinski definition) is 2. The van der Waals surface area contributed by atoms with E-state index in [1.165, 1.54) is 6.07 Å². The number of carboxylic acids is 1. The zero-order valence-corrected chi connectivity index (χ0v) is 13.8. The number of hydrogen-bond donors (Lipinski definition) is 1. The molecule has 4 nitrogen and oxygen atoms in total. The number of alkyl halides is 1. The largest absolute Gasteiger partial charge is 0.481 e. The Bertz CT molecular complexity index is 810. The Labute approximate surface area is 144 Å². The molecule has 1 aliphatic heterocycles. The number of halogens is 2. The first-order chi connectivity index (χ1) is 12.0. The fourth-order valence-corrected chi connectivity index (χ4v) is 4.31. The summed E-state index contributed by atoms with van der Waals surface area (Å²) in [5.74, 6) is -1.54. The van der Waals surface area contributed by atoms with Gasteiger partial charge in [-0.1, -0.05) is 12.1 Å². The topological polar surface area (TPSA) is 55.1 Å². The Balaban J connectivity index is 1.52. The Morgan fingerprint density at radius 3 is 2.84 bits per heavy atom. The number of nitrogens with zero attached hydrogens (tertiary/aromatic N) is 2. The molecular formula is C19H20F2N2O2. The number of aliphatic carboxylic acids is 1. The zero-order valence-electron chi connectivity index (χ0n) is 13.8. The molecule has 4 rings (SSSR count). The molecule has 1 atom stereocenters. The summed E-state index contributed by atoms with van der Waals surface area (Å²) in [6, 6.07) is 4.74. The van der Waals surface area contributed by atoms with E-state index in [-0.39, 0.29) is 24.7 Å². The molecule has 1 aromatic heterocycles. The summed E-state index contributed by atoms with van der Waals surface area (Å²) in [4.78, 5) is 15.2. The first-order valence-electron chi connectivity index (χ1n) is 8.71. The second-order valence-electron chi connectivity index (χ2n) is 7.21. The number of fused-ring (bicyclic) bond motifs is 3. The molecule has 1 aromatic carbocycles. The SMILES string of the molecule is O=C(O)C1CCC(F)(CCC2c3c(F)cccc3-c3cncn32)CC1. The van der Waals surface area contributed by atoms with Crippen LogP contribution in [0.25, 0.3) is 11.3 Å². The van der Waals surface area contributed by atoms with Crippen LogP contribution in [0.4, 0.5) is 8.78 Å². The van der Waals surface area contributed by atoms with Crippen molar-refractivity contribution in [2.75, 3.05) is 0 Å². The fraction of sp³-hybridized carbons (Fsp3) is 0.474. The number of rotatable bonds is 4. The predicted molar refractivity (Wildman–Crippen MR) is 88.4 cm³/mol. The maximum absolute atomic E-state index is 15.1. The molecule has 1 N–H and O–H groups in total. The Kier molecular flexibility index (Phi) is 3.85. The third kappa shape index (κ3) is 2.73. The smallest absolute Gasteiger partial charge is 0.306 e. The monoisotopic (exact) mass is 346 g/mol. The molecule has 1 saturated carbocycles. The van der Waals surface area contributed by atoms with Crippen LogP contribution in [-0.2, 0) is 4.79 Å². The standard InChI is InChI=1S/C19H20F2N2O2/c20-14-3-1-2-13-16-10-22-11-23(16)15(17(13)14)6-9-19(21)7-4-12(5-8-19)18(24)25/h1-3,10-12,15H,4-9H2,(H,24,25). The molecule has 6 heteroatoms. The van der Waals surface area contributed by atoms with E-state index in [1.807, 2.05) is 10.6 Å². The van der Waals surface area contributed by atoms with Crippen LogP contribution < -0.4 is 0 Å². The molecule has 2 aromatic rings. The van der Waals surface area contributed by atoms with Crippen LogP contribution in [0.1, 0.15) is 50.1 Å². The van der Waals surface area contributed by atoms with E-state index in [2.05, 4.69) is 4.98 Å². The third-order valence-electron chi connectivity index (χ3n) is 5.76. The summed E-state index contributed by atoms with van der Waals surface area (Å²) in [6.07, 6.45) is 5.43. The average Bonchev–Trinajstić information content (AvgIpc) is 3.16. The van der Waals surface area contributed by atoms with Crippen molar-refractivity contribution in [1.82, 2.24) is 9.55 Å². The van der Waals surface area contributed by atoms with Gasteiger partial charge in [0.1, 0.15) is 11.5 Å². The molecule has 25 heavy (non-hydrogen) atoms. The lowest BCUT2D eigenvalue weighted by Crippen LogP contribution is -2.32. The Hall–Kier alpha value is -2.24. The van der Waals surface area contributed by atoms with Gasteiger partial charge in [0.05, 0.1) is 30.2 Å². The van der Waals surface area contributed by atoms with Crippen LogP contribution in [-0.4, -0.2) is 26.3 Å². The molecule has 1 unspecified atom stereocenters. The maximum Gasteiger partial charge on any atom is 0.306 e. The number of carbonyl (C=O) groups is 1. The highest BCUT2D eigenvalue weighted by Crippen LogP contribution is 2.46. The highest BCUT2D eigenvalue weighted by atomic mass is 19.1. The first kappa shape index (κ1) is 16.2.